The standard InChI is InChI=1S/C59H37N5/c1-4-13-38(14-5-1)53-54-50-30-26-44-35-43(46-36-45-22-21-39-19-12-33-60-55(39)56(45)61-37-46)25-29-48(44)49(50)31-32-51(54)64(58(53)41-15-6-2-7-16-41)47-27-23-40(24-28-47)57-59(42-17-8-3-9-18-42)63-34-11-10-20-52(63)62-57/h1-37H. The zero-order chi connectivity index (χ0) is 42.1. The van der Waals surface area contributed by atoms with Crippen LogP contribution in [0.3, 0.4) is 0 Å². The maximum Gasteiger partial charge on any atom is 0.137 e. The Morgan fingerprint density at radius 2 is 1.03 bits per heavy atom. The lowest BCUT2D eigenvalue weighted by Crippen LogP contribution is -1.98. The zero-order valence-electron chi connectivity index (χ0n) is 34.6. The number of imidazole rings is 1. The van der Waals surface area contributed by atoms with Crippen LogP contribution in [-0.4, -0.2) is 23.9 Å². The number of fused-ring (bicyclic) bond motifs is 9. The fourth-order valence-electron chi connectivity index (χ4n) is 9.87. The number of pyridine rings is 3. The third-order valence-electron chi connectivity index (χ3n) is 12.8. The van der Waals surface area contributed by atoms with Crippen LogP contribution in [0.5, 0.6) is 0 Å². The summed E-state index contributed by atoms with van der Waals surface area (Å²) in [7, 11) is 0. The van der Waals surface area contributed by atoms with Gasteiger partial charge in [-0.2, -0.15) is 0 Å². The Hall–Kier alpha value is -8.67. The van der Waals surface area contributed by atoms with Crippen LogP contribution in [0.4, 0.5) is 0 Å². The molecule has 0 atom stereocenters. The predicted octanol–water partition coefficient (Wildman–Crippen LogP) is 15.0. The van der Waals surface area contributed by atoms with Gasteiger partial charge in [-0.15, -0.1) is 0 Å². The Kier molecular flexibility index (Phi) is 8.15. The van der Waals surface area contributed by atoms with Crippen molar-refractivity contribution in [2.75, 3.05) is 0 Å². The molecule has 0 aliphatic heterocycles. The molecule has 0 spiro atoms. The van der Waals surface area contributed by atoms with Gasteiger partial charge in [0.05, 0.1) is 33.6 Å². The number of rotatable bonds is 6. The van der Waals surface area contributed by atoms with E-state index in [0.29, 0.717) is 0 Å². The summed E-state index contributed by atoms with van der Waals surface area (Å²) in [6.45, 7) is 0. The Balaban J connectivity index is 1.00. The third-order valence-corrected chi connectivity index (χ3v) is 12.8. The van der Waals surface area contributed by atoms with E-state index in [1.165, 1.54) is 38.1 Å². The van der Waals surface area contributed by atoms with Crippen molar-refractivity contribution in [2.24, 2.45) is 0 Å². The van der Waals surface area contributed by atoms with Gasteiger partial charge in [0, 0.05) is 62.7 Å². The molecule has 0 aliphatic rings. The molecule has 0 amide bonds. The van der Waals surface area contributed by atoms with Crippen LogP contribution in [0.1, 0.15) is 0 Å². The Morgan fingerprint density at radius 3 is 1.83 bits per heavy atom. The summed E-state index contributed by atoms with van der Waals surface area (Å²) in [5.41, 5.74) is 16.1. The highest BCUT2D eigenvalue weighted by Crippen LogP contribution is 2.47. The van der Waals surface area contributed by atoms with E-state index in [4.69, 9.17) is 9.97 Å². The van der Waals surface area contributed by atoms with Gasteiger partial charge in [0.2, 0.25) is 0 Å². The van der Waals surface area contributed by atoms with Gasteiger partial charge in [0.15, 0.2) is 0 Å². The largest absolute Gasteiger partial charge is 0.309 e. The second-order valence-corrected chi connectivity index (χ2v) is 16.4. The highest BCUT2D eigenvalue weighted by molar-refractivity contribution is 6.23. The van der Waals surface area contributed by atoms with Gasteiger partial charge in [0.1, 0.15) is 5.65 Å². The summed E-state index contributed by atoms with van der Waals surface area (Å²) < 4.78 is 4.64. The van der Waals surface area contributed by atoms with Gasteiger partial charge >= 0.3 is 0 Å². The molecule has 0 aliphatic carbocycles. The van der Waals surface area contributed by atoms with Crippen molar-refractivity contribution < 1.29 is 0 Å². The summed E-state index contributed by atoms with van der Waals surface area (Å²) in [5, 5.41) is 8.24. The smallest absolute Gasteiger partial charge is 0.137 e. The monoisotopic (exact) mass is 815 g/mol. The molecule has 5 nitrogen and oxygen atoms in total. The predicted molar refractivity (Wildman–Crippen MR) is 265 cm³/mol. The molecule has 5 heteroatoms. The first-order valence-corrected chi connectivity index (χ1v) is 21.7. The number of benzene rings is 8. The van der Waals surface area contributed by atoms with Crippen molar-refractivity contribution in [1.29, 1.82) is 0 Å². The maximum absolute atomic E-state index is 5.17. The normalized spacial score (nSPS) is 11.8. The molecular formula is C59H37N5. The van der Waals surface area contributed by atoms with Gasteiger partial charge in [-0.25, -0.2) is 4.98 Å². The van der Waals surface area contributed by atoms with Crippen LogP contribution >= 0.6 is 0 Å². The molecule has 0 saturated heterocycles. The fourth-order valence-corrected chi connectivity index (χ4v) is 9.87. The molecule has 0 N–H and O–H groups in total. The van der Waals surface area contributed by atoms with E-state index in [9.17, 15) is 0 Å². The quantitative estimate of drug-likeness (QED) is 0.157. The highest BCUT2D eigenvalue weighted by Gasteiger charge is 2.24. The molecule has 64 heavy (non-hydrogen) atoms. The van der Waals surface area contributed by atoms with E-state index >= 15 is 0 Å². The summed E-state index contributed by atoms with van der Waals surface area (Å²) in [5.74, 6) is 0. The van der Waals surface area contributed by atoms with Gasteiger partial charge in [-0.3, -0.25) is 14.4 Å². The van der Waals surface area contributed by atoms with E-state index in [0.717, 1.165) is 83.6 Å². The molecule has 0 saturated carbocycles. The van der Waals surface area contributed by atoms with E-state index in [1.54, 1.807) is 0 Å². The van der Waals surface area contributed by atoms with Crippen LogP contribution in [0.2, 0.25) is 0 Å². The number of hydrogen-bond acceptors (Lipinski definition) is 3. The lowest BCUT2D eigenvalue weighted by molar-refractivity contribution is 1.14. The van der Waals surface area contributed by atoms with Crippen molar-refractivity contribution in [2.45, 2.75) is 0 Å². The molecule has 0 fully saturated rings. The summed E-state index contributed by atoms with van der Waals surface area (Å²) in [4.78, 5) is 14.7. The molecule has 298 valence electrons. The average Bonchev–Trinajstić information content (AvgIpc) is 3.94. The SMILES string of the molecule is c1ccc(-c2c(-c3ccccc3)n(-c3ccc(-c4nc5ccccn5c4-c4ccccc4)cc3)c3ccc4c5ccc(-c6cnc7c(ccc8cccnc87)c6)cc5ccc4c23)cc1. The molecule has 5 heterocycles. The van der Waals surface area contributed by atoms with E-state index < -0.39 is 0 Å². The fraction of sp³-hybridized carbons (Fsp3) is 0. The molecule has 5 aromatic heterocycles. The van der Waals surface area contributed by atoms with Crippen molar-refractivity contribution in [3.05, 3.63) is 225 Å². The van der Waals surface area contributed by atoms with Crippen LogP contribution < -0.4 is 0 Å². The van der Waals surface area contributed by atoms with Crippen molar-refractivity contribution in [3.63, 3.8) is 0 Å². The first-order valence-electron chi connectivity index (χ1n) is 21.7. The average molecular weight is 816 g/mol. The van der Waals surface area contributed by atoms with E-state index in [-0.39, 0.29) is 0 Å². The van der Waals surface area contributed by atoms with Gasteiger partial charge in [-0.05, 0) is 86.8 Å². The van der Waals surface area contributed by atoms with Crippen LogP contribution in [0, 0.1) is 0 Å². The number of hydrogen-bond donors (Lipinski definition) is 0. The lowest BCUT2D eigenvalue weighted by Gasteiger charge is -2.14. The van der Waals surface area contributed by atoms with Crippen LogP contribution in [0.25, 0.3) is 122 Å². The third kappa shape index (κ3) is 5.68. The van der Waals surface area contributed by atoms with E-state index in [2.05, 4.69) is 214 Å². The minimum Gasteiger partial charge on any atom is -0.309 e. The number of aromatic nitrogens is 5. The lowest BCUT2D eigenvalue weighted by atomic mass is 9.92. The van der Waals surface area contributed by atoms with Gasteiger partial charge in [-0.1, -0.05) is 158 Å². The minimum absolute atomic E-state index is 0.920. The molecule has 8 aromatic carbocycles. The Labute approximate surface area is 368 Å². The first-order chi connectivity index (χ1) is 31.7. The Morgan fingerprint density at radius 1 is 0.391 bits per heavy atom. The highest BCUT2D eigenvalue weighted by atomic mass is 15.0. The minimum atomic E-state index is 0.920. The van der Waals surface area contributed by atoms with E-state index in [1.807, 2.05) is 24.5 Å². The van der Waals surface area contributed by atoms with Crippen molar-refractivity contribution >= 4 is 59.9 Å². The Bertz CT molecular complexity index is 3930. The molecule has 13 rings (SSSR count). The number of nitrogens with zero attached hydrogens (tertiary/aromatic N) is 5. The molecule has 0 unspecified atom stereocenters. The topological polar surface area (TPSA) is 48.0 Å². The van der Waals surface area contributed by atoms with Crippen molar-refractivity contribution in [3.8, 4) is 61.7 Å². The molecule has 0 radical (unpaired) electrons. The first kappa shape index (κ1) is 36.0. The van der Waals surface area contributed by atoms with Crippen LogP contribution in [-0.2, 0) is 0 Å². The maximum atomic E-state index is 5.17. The van der Waals surface area contributed by atoms with Gasteiger partial charge < -0.3 is 4.57 Å². The summed E-state index contributed by atoms with van der Waals surface area (Å²) >= 11 is 0. The molecule has 0 bridgehead atoms. The summed E-state index contributed by atoms with van der Waals surface area (Å²) in [6, 6.07) is 74.0. The van der Waals surface area contributed by atoms with Crippen molar-refractivity contribution in [1.82, 2.24) is 23.9 Å². The molecule has 13 aromatic rings. The molecular weight excluding hydrogens is 779 g/mol. The summed E-state index contributed by atoms with van der Waals surface area (Å²) in [6.07, 6.45) is 5.91. The second-order valence-electron chi connectivity index (χ2n) is 16.4. The second kappa shape index (κ2) is 14.5. The zero-order valence-corrected chi connectivity index (χ0v) is 34.6. The van der Waals surface area contributed by atoms with Gasteiger partial charge in [0.25, 0.3) is 0 Å². The van der Waals surface area contributed by atoms with Crippen LogP contribution in [0.15, 0.2) is 225 Å².